The first kappa shape index (κ1) is 16.4. The van der Waals surface area contributed by atoms with E-state index in [2.05, 4.69) is 28.2 Å². The number of unbranched alkanes of at least 4 members (excludes halogenated alkanes) is 1. The van der Waals surface area contributed by atoms with E-state index in [0.717, 1.165) is 35.4 Å². The Labute approximate surface area is 127 Å². The smallest absolute Gasteiger partial charge is 0.230 e. The minimum absolute atomic E-state index is 0.117. The lowest BCUT2D eigenvalue weighted by atomic mass is 10.2. The van der Waals surface area contributed by atoms with Crippen LogP contribution < -0.4 is 10.1 Å². The van der Waals surface area contributed by atoms with Crippen LogP contribution in [-0.4, -0.2) is 25.3 Å². The third-order valence-corrected chi connectivity index (χ3v) is 4.19. The molecule has 0 radical (unpaired) electrons. The van der Waals surface area contributed by atoms with Crippen LogP contribution >= 0.6 is 27.7 Å². The molecule has 3 nitrogen and oxygen atoms in total. The minimum Gasteiger partial charge on any atom is -0.496 e. The van der Waals surface area contributed by atoms with Gasteiger partial charge in [0.2, 0.25) is 5.91 Å². The third kappa shape index (κ3) is 6.34. The van der Waals surface area contributed by atoms with E-state index in [-0.39, 0.29) is 5.91 Å². The summed E-state index contributed by atoms with van der Waals surface area (Å²) in [6.45, 7) is 2.90. The van der Waals surface area contributed by atoms with Crippen molar-refractivity contribution < 1.29 is 9.53 Å². The van der Waals surface area contributed by atoms with Gasteiger partial charge < -0.3 is 10.1 Å². The highest BCUT2D eigenvalue weighted by Crippen LogP contribution is 2.27. The van der Waals surface area contributed by atoms with Crippen LogP contribution in [0.3, 0.4) is 0 Å². The number of thioether (sulfide) groups is 1. The van der Waals surface area contributed by atoms with Crippen LogP contribution in [0.1, 0.15) is 25.3 Å². The van der Waals surface area contributed by atoms with Crippen LogP contribution in [0.4, 0.5) is 0 Å². The first-order chi connectivity index (χ1) is 9.17. The molecule has 0 saturated carbocycles. The van der Waals surface area contributed by atoms with Gasteiger partial charge in [0.1, 0.15) is 5.75 Å². The number of rotatable bonds is 8. The monoisotopic (exact) mass is 345 g/mol. The van der Waals surface area contributed by atoms with E-state index in [0.29, 0.717) is 5.75 Å². The van der Waals surface area contributed by atoms with Gasteiger partial charge in [0.05, 0.1) is 17.3 Å². The fraction of sp³-hybridized carbons (Fsp3) is 0.500. The van der Waals surface area contributed by atoms with Crippen molar-refractivity contribution >= 4 is 33.6 Å². The largest absolute Gasteiger partial charge is 0.496 e. The number of methoxy groups -OCH3 is 1. The predicted molar refractivity (Wildman–Crippen MR) is 84.8 cm³/mol. The summed E-state index contributed by atoms with van der Waals surface area (Å²) in [6.07, 6.45) is 2.15. The summed E-state index contributed by atoms with van der Waals surface area (Å²) in [5.74, 6) is 2.27. The van der Waals surface area contributed by atoms with Gasteiger partial charge in [-0.15, -0.1) is 11.8 Å². The Hall–Kier alpha value is -0.680. The van der Waals surface area contributed by atoms with E-state index in [1.54, 1.807) is 18.9 Å². The standard InChI is InChI=1S/C14H20BrNO2S/c1-3-4-7-16-14(17)10-19-9-11-5-6-13(18-2)12(15)8-11/h5-6,8H,3-4,7,9-10H2,1-2H3,(H,16,17). The highest BCUT2D eigenvalue weighted by Gasteiger charge is 2.04. The van der Waals surface area contributed by atoms with Crippen LogP contribution in [0, 0.1) is 0 Å². The molecule has 1 aromatic rings. The van der Waals surface area contributed by atoms with Crippen molar-refractivity contribution in [3.05, 3.63) is 28.2 Å². The number of amides is 1. The summed E-state index contributed by atoms with van der Waals surface area (Å²) < 4.78 is 6.12. The van der Waals surface area contributed by atoms with Crippen LogP contribution in [0.15, 0.2) is 22.7 Å². The van der Waals surface area contributed by atoms with Gasteiger partial charge in [-0.25, -0.2) is 0 Å². The van der Waals surface area contributed by atoms with Gasteiger partial charge in [0.15, 0.2) is 0 Å². The molecule has 1 aromatic carbocycles. The van der Waals surface area contributed by atoms with Gasteiger partial charge in [-0.1, -0.05) is 19.4 Å². The Kier molecular flexibility index (Phi) is 7.98. The van der Waals surface area contributed by atoms with Gasteiger partial charge in [-0.05, 0) is 40.0 Å². The molecular weight excluding hydrogens is 326 g/mol. The summed E-state index contributed by atoms with van der Waals surface area (Å²) in [7, 11) is 1.65. The Bertz CT molecular complexity index is 412. The zero-order valence-corrected chi connectivity index (χ0v) is 13.8. The Morgan fingerprint density at radius 1 is 1.47 bits per heavy atom. The molecule has 19 heavy (non-hydrogen) atoms. The highest BCUT2D eigenvalue weighted by molar-refractivity contribution is 9.10. The fourth-order valence-electron chi connectivity index (χ4n) is 1.52. The van der Waals surface area contributed by atoms with Gasteiger partial charge in [-0.3, -0.25) is 4.79 Å². The molecule has 0 aliphatic carbocycles. The molecule has 0 spiro atoms. The third-order valence-electron chi connectivity index (χ3n) is 2.57. The summed E-state index contributed by atoms with van der Waals surface area (Å²) in [4.78, 5) is 11.5. The molecule has 0 fully saturated rings. The minimum atomic E-state index is 0.117. The molecule has 0 aliphatic rings. The number of nitrogens with one attached hydrogen (secondary N) is 1. The summed E-state index contributed by atoms with van der Waals surface area (Å²) in [5.41, 5.74) is 1.18. The molecular formula is C14H20BrNO2S. The second kappa shape index (κ2) is 9.26. The van der Waals surface area contributed by atoms with Crippen LogP contribution in [0.2, 0.25) is 0 Å². The first-order valence-electron chi connectivity index (χ1n) is 6.34. The number of hydrogen-bond donors (Lipinski definition) is 1. The van der Waals surface area contributed by atoms with Crippen LogP contribution in [0.25, 0.3) is 0 Å². The number of hydrogen-bond acceptors (Lipinski definition) is 3. The van der Waals surface area contributed by atoms with Gasteiger partial charge in [-0.2, -0.15) is 0 Å². The van der Waals surface area contributed by atoms with E-state index in [9.17, 15) is 4.79 Å². The summed E-state index contributed by atoms with van der Waals surface area (Å²) >= 11 is 5.08. The maximum Gasteiger partial charge on any atom is 0.230 e. The van der Waals surface area contributed by atoms with Crippen molar-refractivity contribution in [2.24, 2.45) is 0 Å². The second-order valence-corrected chi connectivity index (χ2v) is 6.01. The Morgan fingerprint density at radius 2 is 2.26 bits per heavy atom. The van der Waals surface area contributed by atoms with Crippen LogP contribution in [-0.2, 0) is 10.5 Å². The quantitative estimate of drug-likeness (QED) is 0.731. The van der Waals surface area contributed by atoms with Crippen LogP contribution in [0.5, 0.6) is 5.75 Å². The van der Waals surface area contributed by atoms with Crippen molar-refractivity contribution in [1.29, 1.82) is 0 Å². The normalized spacial score (nSPS) is 10.3. The molecule has 1 N–H and O–H groups in total. The zero-order chi connectivity index (χ0) is 14.1. The van der Waals surface area contributed by atoms with Crippen molar-refractivity contribution in [3.63, 3.8) is 0 Å². The van der Waals surface area contributed by atoms with Crippen molar-refractivity contribution in [3.8, 4) is 5.75 Å². The lowest BCUT2D eigenvalue weighted by Gasteiger charge is -2.07. The van der Waals surface area contributed by atoms with Crippen molar-refractivity contribution in [1.82, 2.24) is 5.32 Å². The van der Waals surface area contributed by atoms with Gasteiger partial charge >= 0.3 is 0 Å². The molecule has 0 aromatic heterocycles. The van der Waals surface area contributed by atoms with Crippen molar-refractivity contribution in [2.75, 3.05) is 19.4 Å². The zero-order valence-electron chi connectivity index (χ0n) is 11.4. The number of carbonyl (C=O) groups is 1. The average molecular weight is 346 g/mol. The molecule has 106 valence electrons. The van der Waals surface area contributed by atoms with E-state index < -0.39 is 0 Å². The molecule has 0 aliphatic heterocycles. The lowest BCUT2D eigenvalue weighted by Crippen LogP contribution is -2.26. The molecule has 1 amide bonds. The maximum absolute atomic E-state index is 11.5. The average Bonchev–Trinajstić information content (AvgIpc) is 2.39. The predicted octanol–water partition coefficient (Wildman–Crippen LogP) is 3.61. The van der Waals surface area contributed by atoms with Crippen molar-refractivity contribution in [2.45, 2.75) is 25.5 Å². The molecule has 0 bridgehead atoms. The first-order valence-corrected chi connectivity index (χ1v) is 8.29. The Balaban J connectivity index is 2.29. The molecule has 0 saturated heterocycles. The second-order valence-electron chi connectivity index (χ2n) is 4.17. The number of halogens is 1. The Morgan fingerprint density at radius 3 is 2.89 bits per heavy atom. The van der Waals surface area contributed by atoms with E-state index in [1.807, 2.05) is 18.2 Å². The van der Waals surface area contributed by atoms with Gasteiger partial charge in [0.25, 0.3) is 0 Å². The topological polar surface area (TPSA) is 38.3 Å². The molecule has 0 heterocycles. The molecule has 5 heteroatoms. The molecule has 0 unspecified atom stereocenters. The number of carbonyl (C=O) groups excluding carboxylic acids is 1. The maximum atomic E-state index is 11.5. The lowest BCUT2D eigenvalue weighted by molar-refractivity contribution is -0.118. The molecule has 0 atom stereocenters. The van der Waals surface area contributed by atoms with E-state index >= 15 is 0 Å². The fourth-order valence-corrected chi connectivity index (χ4v) is 2.91. The molecule has 1 rings (SSSR count). The summed E-state index contributed by atoms with van der Waals surface area (Å²) in [6, 6.07) is 5.98. The number of benzene rings is 1. The number of ether oxygens (including phenoxy) is 1. The highest BCUT2D eigenvalue weighted by atomic mass is 79.9. The van der Waals surface area contributed by atoms with E-state index in [1.165, 1.54) is 5.56 Å². The SMILES string of the molecule is CCCCNC(=O)CSCc1ccc(OC)c(Br)c1. The summed E-state index contributed by atoms with van der Waals surface area (Å²) in [5, 5.41) is 2.91. The van der Waals surface area contributed by atoms with Gasteiger partial charge in [0, 0.05) is 12.3 Å². The van der Waals surface area contributed by atoms with E-state index in [4.69, 9.17) is 4.74 Å².